The summed E-state index contributed by atoms with van der Waals surface area (Å²) < 4.78 is 0. The third kappa shape index (κ3) is 4.48. The van der Waals surface area contributed by atoms with Crippen molar-refractivity contribution in [2.75, 3.05) is 20.2 Å². The first-order valence-electron chi connectivity index (χ1n) is 5.87. The maximum absolute atomic E-state index is 12.1. The van der Waals surface area contributed by atoms with Gasteiger partial charge in [0, 0.05) is 25.2 Å². The highest BCUT2D eigenvalue weighted by molar-refractivity contribution is 6.36. The van der Waals surface area contributed by atoms with Crippen molar-refractivity contribution in [2.45, 2.75) is 19.3 Å². The molecule has 0 radical (unpaired) electrons. The number of aliphatic hydroxyl groups is 1. The Morgan fingerprint density at radius 3 is 2.61 bits per heavy atom. The quantitative estimate of drug-likeness (QED) is 0.817. The summed E-state index contributed by atoms with van der Waals surface area (Å²) in [5.74, 6) is -0.110. The molecule has 0 aliphatic rings. The van der Waals surface area contributed by atoms with Crippen LogP contribution >= 0.6 is 23.2 Å². The first-order chi connectivity index (χ1) is 8.56. The minimum absolute atomic E-state index is 0.110. The van der Waals surface area contributed by atoms with E-state index in [0.717, 1.165) is 19.3 Å². The van der Waals surface area contributed by atoms with Gasteiger partial charge in [0.25, 0.3) is 5.91 Å². The van der Waals surface area contributed by atoms with Gasteiger partial charge in [-0.05, 0) is 37.5 Å². The molecule has 5 heteroatoms. The molecule has 0 aromatic heterocycles. The van der Waals surface area contributed by atoms with E-state index in [2.05, 4.69) is 0 Å². The zero-order valence-electron chi connectivity index (χ0n) is 10.3. The SMILES string of the molecule is CN(CCCCCO)C(=O)c1ccc(Cl)cc1Cl. The number of aliphatic hydroxyl groups excluding tert-OH is 1. The Morgan fingerprint density at radius 1 is 1.28 bits per heavy atom. The van der Waals surface area contributed by atoms with E-state index in [1.807, 2.05) is 0 Å². The third-order valence-corrected chi connectivity index (χ3v) is 3.21. The summed E-state index contributed by atoms with van der Waals surface area (Å²) in [5.41, 5.74) is 0.464. The van der Waals surface area contributed by atoms with E-state index in [1.54, 1.807) is 30.1 Å². The topological polar surface area (TPSA) is 40.5 Å². The van der Waals surface area contributed by atoms with Crippen molar-refractivity contribution < 1.29 is 9.90 Å². The van der Waals surface area contributed by atoms with Crippen LogP contribution in [0.4, 0.5) is 0 Å². The number of carbonyl (C=O) groups excluding carboxylic acids is 1. The second-order valence-electron chi connectivity index (χ2n) is 4.14. The number of amides is 1. The Balaban J connectivity index is 2.57. The Labute approximate surface area is 117 Å². The van der Waals surface area contributed by atoms with Crippen molar-refractivity contribution in [3.63, 3.8) is 0 Å². The molecule has 0 fully saturated rings. The van der Waals surface area contributed by atoms with Gasteiger partial charge in [-0.3, -0.25) is 4.79 Å². The fourth-order valence-corrected chi connectivity index (χ4v) is 2.10. The predicted octanol–water partition coefficient (Wildman–Crippen LogP) is 3.23. The van der Waals surface area contributed by atoms with Gasteiger partial charge >= 0.3 is 0 Å². The fourth-order valence-electron chi connectivity index (χ4n) is 1.61. The molecule has 0 heterocycles. The van der Waals surface area contributed by atoms with Crippen molar-refractivity contribution in [2.24, 2.45) is 0 Å². The summed E-state index contributed by atoms with van der Waals surface area (Å²) in [6, 6.07) is 4.85. The molecule has 3 nitrogen and oxygen atoms in total. The largest absolute Gasteiger partial charge is 0.396 e. The number of halogens is 2. The van der Waals surface area contributed by atoms with Crippen molar-refractivity contribution >= 4 is 29.1 Å². The molecule has 1 rings (SSSR count). The molecule has 0 saturated carbocycles. The predicted molar refractivity (Wildman–Crippen MR) is 74.4 cm³/mol. The molecule has 1 amide bonds. The van der Waals surface area contributed by atoms with Crippen LogP contribution in [0.15, 0.2) is 18.2 Å². The van der Waals surface area contributed by atoms with Crippen molar-refractivity contribution in [3.8, 4) is 0 Å². The van der Waals surface area contributed by atoms with Gasteiger partial charge in [-0.25, -0.2) is 0 Å². The summed E-state index contributed by atoms with van der Waals surface area (Å²) in [5, 5.41) is 9.56. The van der Waals surface area contributed by atoms with E-state index in [9.17, 15) is 4.79 Å². The first-order valence-corrected chi connectivity index (χ1v) is 6.63. The van der Waals surface area contributed by atoms with Gasteiger partial charge in [-0.1, -0.05) is 23.2 Å². The van der Waals surface area contributed by atoms with Crippen LogP contribution in [-0.4, -0.2) is 36.1 Å². The number of benzene rings is 1. The molecule has 1 aromatic rings. The van der Waals surface area contributed by atoms with Crippen LogP contribution in [0, 0.1) is 0 Å². The molecule has 0 spiro atoms. The Morgan fingerprint density at radius 2 is 2.00 bits per heavy atom. The molecular weight excluding hydrogens is 273 g/mol. The smallest absolute Gasteiger partial charge is 0.255 e. The summed E-state index contributed by atoms with van der Waals surface area (Å²) in [7, 11) is 1.74. The highest BCUT2D eigenvalue weighted by Crippen LogP contribution is 2.22. The zero-order valence-corrected chi connectivity index (χ0v) is 11.8. The summed E-state index contributed by atoms with van der Waals surface area (Å²) in [6.45, 7) is 0.846. The van der Waals surface area contributed by atoms with Crippen molar-refractivity contribution in [3.05, 3.63) is 33.8 Å². The number of rotatable bonds is 6. The number of unbranched alkanes of at least 4 members (excludes halogenated alkanes) is 2. The third-order valence-electron chi connectivity index (χ3n) is 2.66. The lowest BCUT2D eigenvalue weighted by Crippen LogP contribution is -2.28. The lowest BCUT2D eigenvalue weighted by Gasteiger charge is -2.17. The van der Waals surface area contributed by atoms with Crippen LogP contribution in [-0.2, 0) is 0 Å². The van der Waals surface area contributed by atoms with E-state index in [-0.39, 0.29) is 12.5 Å². The maximum Gasteiger partial charge on any atom is 0.255 e. The van der Waals surface area contributed by atoms with E-state index in [4.69, 9.17) is 28.3 Å². The molecule has 0 aliphatic carbocycles. The van der Waals surface area contributed by atoms with Crippen LogP contribution in [0.1, 0.15) is 29.6 Å². The molecular formula is C13H17Cl2NO2. The Kier molecular flexibility index (Phi) is 6.47. The molecule has 0 aliphatic heterocycles. The average molecular weight is 290 g/mol. The minimum atomic E-state index is -0.110. The van der Waals surface area contributed by atoms with Gasteiger partial charge in [-0.15, -0.1) is 0 Å². The van der Waals surface area contributed by atoms with Crippen LogP contribution < -0.4 is 0 Å². The van der Waals surface area contributed by atoms with Crippen LogP contribution in [0.25, 0.3) is 0 Å². The number of hydrogen-bond donors (Lipinski definition) is 1. The molecule has 1 N–H and O–H groups in total. The van der Waals surface area contributed by atoms with Crippen molar-refractivity contribution in [1.82, 2.24) is 4.90 Å². The van der Waals surface area contributed by atoms with Gasteiger partial charge in [0.2, 0.25) is 0 Å². The molecule has 100 valence electrons. The molecule has 0 atom stereocenters. The summed E-state index contributed by atoms with van der Waals surface area (Å²) in [4.78, 5) is 13.7. The normalized spacial score (nSPS) is 10.4. The summed E-state index contributed by atoms with van der Waals surface area (Å²) in [6.07, 6.45) is 2.54. The second-order valence-corrected chi connectivity index (χ2v) is 4.98. The molecule has 0 unspecified atom stereocenters. The lowest BCUT2D eigenvalue weighted by molar-refractivity contribution is 0.0792. The van der Waals surface area contributed by atoms with Gasteiger partial charge in [-0.2, -0.15) is 0 Å². The zero-order chi connectivity index (χ0) is 13.5. The molecule has 1 aromatic carbocycles. The Bertz CT molecular complexity index is 410. The highest BCUT2D eigenvalue weighted by atomic mass is 35.5. The second kappa shape index (κ2) is 7.62. The van der Waals surface area contributed by atoms with Crippen LogP contribution in [0.2, 0.25) is 10.0 Å². The van der Waals surface area contributed by atoms with E-state index in [0.29, 0.717) is 22.2 Å². The van der Waals surface area contributed by atoms with Gasteiger partial charge in [0.15, 0.2) is 0 Å². The molecule has 18 heavy (non-hydrogen) atoms. The van der Waals surface area contributed by atoms with Gasteiger partial charge in [0.05, 0.1) is 10.6 Å². The minimum Gasteiger partial charge on any atom is -0.396 e. The first kappa shape index (κ1) is 15.3. The van der Waals surface area contributed by atoms with E-state index < -0.39 is 0 Å². The average Bonchev–Trinajstić information content (AvgIpc) is 2.33. The van der Waals surface area contributed by atoms with E-state index in [1.165, 1.54) is 0 Å². The summed E-state index contributed by atoms with van der Waals surface area (Å²) >= 11 is 11.8. The number of hydrogen-bond acceptors (Lipinski definition) is 2. The lowest BCUT2D eigenvalue weighted by atomic mass is 10.2. The fraction of sp³-hybridized carbons (Fsp3) is 0.462. The monoisotopic (exact) mass is 289 g/mol. The number of carbonyl (C=O) groups is 1. The standard InChI is InChI=1S/C13H17Cl2NO2/c1-16(7-3-2-4-8-17)13(18)11-6-5-10(14)9-12(11)15/h5-6,9,17H,2-4,7-8H2,1H3. The van der Waals surface area contributed by atoms with Crippen molar-refractivity contribution in [1.29, 1.82) is 0 Å². The molecule has 0 bridgehead atoms. The van der Waals surface area contributed by atoms with Crippen LogP contribution in [0.3, 0.4) is 0 Å². The van der Waals surface area contributed by atoms with E-state index >= 15 is 0 Å². The van der Waals surface area contributed by atoms with Crippen LogP contribution in [0.5, 0.6) is 0 Å². The highest BCUT2D eigenvalue weighted by Gasteiger charge is 2.14. The van der Waals surface area contributed by atoms with Gasteiger partial charge in [0.1, 0.15) is 0 Å². The number of nitrogens with zero attached hydrogens (tertiary/aromatic N) is 1. The maximum atomic E-state index is 12.1. The van der Waals surface area contributed by atoms with Gasteiger partial charge < -0.3 is 10.0 Å². The Hall–Kier alpha value is -0.770. The molecule has 0 saturated heterocycles.